The van der Waals surface area contributed by atoms with Crippen LogP contribution in [0.15, 0.2) is 0 Å². The smallest absolute Gasteiger partial charge is 0.257 e. The minimum absolute atomic E-state index is 0.0577. The van der Waals surface area contributed by atoms with E-state index in [4.69, 9.17) is 24.4 Å². The minimum atomic E-state index is -0.788. The lowest BCUT2D eigenvalue weighted by Crippen LogP contribution is -2.66. The van der Waals surface area contributed by atoms with Gasteiger partial charge in [-0.15, -0.1) is 0 Å². The third kappa shape index (κ3) is 16.2. The van der Waals surface area contributed by atoms with Gasteiger partial charge in [0.25, 0.3) is 5.91 Å². The highest BCUT2D eigenvalue weighted by Gasteiger charge is 2.65. The fourth-order valence-corrected chi connectivity index (χ4v) is 14.9. The Kier molecular flexibility index (Phi) is 20.5. The van der Waals surface area contributed by atoms with Crippen LogP contribution in [0.3, 0.4) is 0 Å². The lowest BCUT2D eigenvalue weighted by Gasteiger charge is -2.56. The number of aliphatic hydroxyl groups is 1. The van der Waals surface area contributed by atoms with Crippen molar-refractivity contribution in [2.45, 2.75) is 301 Å². The van der Waals surface area contributed by atoms with E-state index in [1.807, 2.05) is 18.7 Å². The number of anilines is 2. The molecule has 2 spiro atoms. The van der Waals surface area contributed by atoms with E-state index in [-0.39, 0.29) is 39.1 Å². The second kappa shape index (κ2) is 24.9. The average molecular weight is 1040 g/mol. The van der Waals surface area contributed by atoms with Crippen LogP contribution < -0.4 is 20.4 Å². The van der Waals surface area contributed by atoms with Crippen LogP contribution in [0, 0.1) is 6.92 Å². The van der Waals surface area contributed by atoms with Crippen LogP contribution in [0.5, 0.6) is 0 Å². The van der Waals surface area contributed by atoms with Gasteiger partial charge in [-0.2, -0.15) is 15.0 Å². The molecule has 14 heteroatoms. The van der Waals surface area contributed by atoms with Crippen molar-refractivity contribution in [3.05, 3.63) is 5.82 Å². The quantitative estimate of drug-likeness (QED) is 0.153. The second-order valence-electron chi connectivity index (χ2n) is 28.3. The van der Waals surface area contributed by atoms with E-state index in [2.05, 4.69) is 127 Å². The standard InChI is InChI=1S/C33H62N8O.C27H50N2O3/c1-25-34-28(40-17-19-42-20-18-40)36-29(35-25)41(27-23-32(6,7)38-33(8,9)24-27)16-14-12-11-13-15-39(10)26-21-30(2,3)37-31(4,5)22-26;1-7-22(30)19-29-23(31)26(20-24(2,3)28(6)25(4,5)21-26)32-27(29)17-15-13-11-9-8-10-12-14-16-18-27/h26-27,37-38H,11-24H2,1-10H3;22,30H,7-21H2,1-6H3. The maximum Gasteiger partial charge on any atom is 0.257 e. The first kappa shape index (κ1) is 61.0. The number of unbranched alkanes of at least 4 members (excludes halogenated alkanes) is 3. The highest BCUT2D eigenvalue weighted by molar-refractivity contribution is 5.88. The molecule has 1 aliphatic carbocycles. The van der Waals surface area contributed by atoms with Crippen LogP contribution in [0.1, 0.15) is 237 Å². The van der Waals surface area contributed by atoms with Crippen LogP contribution in [-0.2, 0) is 14.3 Å². The van der Waals surface area contributed by atoms with Crippen molar-refractivity contribution in [3.63, 3.8) is 0 Å². The number of nitrogens with zero attached hydrogens (tertiary/aromatic N) is 8. The van der Waals surface area contributed by atoms with E-state index < -0.39 is 17.4 Å². The van der Waals surface area contributed by atoms with Gasteiger partial charge < -0.3 is 44.8 Å². The van der Waals surface area contributed by atoms with Gasteiger partial charge in [-0.1, -0.05) is 64.7 Å². The predicted molar refractivity (Wildman–Crippen MR) is 305 cm³/mol. The Hall–Kier alpha value is -2.20. The topological polar surface area (TPSA) is 135 Å². The first-order chi connectivity index (χ1) is 34.5. The van der Waals surface area contributed by atoms with Crippen LogP contribution in [0.25, 0.3) is 0 Å². The van der Waals surface area contributed by atoms with Crippen molar-refractivity contribution in [2.24, 2.45) is 0 Å². The molecule has 1 amide bonds. The van der Waals surface area contributed by atoms with Crippen molar-refractivity contribution < 1.29 is 19.4 Å². The van der Waals surface area contributed by atoms with Crippen LogP contribution in [0.4, 0.5) is 11.9 Å². The maximum atomic E-state index is 14.2. The Morgan fingerprint density at radius 3 is 1.65 bits per heavy atom. The zero-order valence-corrected chi connectivity index (χ0v) is 50.5. The van der Waals surface area contributed by atoms with Crippen molar-refractivity contribution in [1.82, 2.24) is 40.3 Å². The molecule has 14 nitrogen and oxygen atoms in total. The molecule has 0 aromatic carbocycles. The number of carbonyl (C=O) groups excluding carboxylic acids is 1. The van der Waals surface area contributed by atoms with Gasteiger partial charge in [-0.3, -0.25) is 9.69 Å². The molecule has 1 unspecified atom stereocenters. The number of likely N-dealkylation sites (tertiary alicyclic amines) is 1. The van der Waals surface area contributed by atoms with Gasteiger partial charge in [-0.05, 0) is 181 Å². The molecular weight excluding hydrogens is 925 g/mol. The minimum Gasteiger partial charge on any atom is -0.391 e. The number of hydrogen-bond acceptors (Lipinski definition) is 13. The molecule has 1 aromatic rings. The number of aliphatic hydroxyl groups excluding tert-OH is 1. The molecule has 1 aromatic heterocycles. The Morgan fingerprint density at radius 2 is 1.15 bits per heavy atom. The van der Waals surface area contributed by atoms with Crippen molar-refractivity contribution >= 4 is 17.8 Å². The molecule has 5 saturated heterocycles. The molecule has 7 rings (SSSR count). The molecule has 5 aliphatic heterocycles. The Bertz CT molecular complexity index is 1870. The number of amides is 1. The Labute approximate surface area is 452 Å². The molecule has 1 saturated carbocycles. The number of hydrogen-bond donors (Lipinski definition) is 3. The lowest BCUT2D eigenvalue weighted by molar-refractivity contribution is -0.198. The second-order valence-corrected chi connectivity index (χ2v) is 28.3. The molecule has 6 aliphatic rings. The van der Waals surface area contributed by atoms with E-state index in [0.29, 0.717) is 37.9 Å². The highest BCUT2D eigenvalue weighted by Crippen LogP contribution is 2.53. The third-order valence-corrected chi connectivity index (χ3v) is 18.1. The summed E-state index contributed by atoms with van der Waals surface area (Å²) in [4.78, 5) is 40.8. The summed E-state index contributed by atoms with van der Waals surface area (Å²) in [5, 5.41) is 18.3. The van der Waals surface area contributed by atoms with Gasteiger partial charge in [0.15, 0.2) is 5.60 Å². The van der Waals surface area contributed by atoms with Crippen molar-refractivity contribution in [2.75, 3.05) is 69.8 Å². The first-order valence-corrected chi connectivity index (χ1v) is 30.1. The number of piperidine rings is 3. The summed E-state index contributed by atoms with van der Waals surface area (Å²) in [5.74, 6) is 2.57. The Balaban J connectivity index is 0.000000250. The molecule has 3 N–H and O–H groups in total. The fraction of sp³-hybridized carbons (Fsp3) is 0.933. The van der Waals surface area contributed by atoms with Crippen molar-refractivity contribution in [1.29, 1.82) is 0 Å². The van der Waals surface area contributed by atoms with Gasteiger partial charge in [0.1, 0.15) is 11.5 Å². The fourth-order valence-electron chi connectivity index (χ4n) is 14.9. The number of aryl methyl sites for hydroxylation is 1. The van der Waals surface area contributed by atoms with Crippen LogP contribution in [0.2, 0.25) is 0 Å². The molecule has 6 fully saturated rings. The predicted octanol–water partition coefficient (Wildman–Crippen LogP) is 10.6. The van der Waals surface area contributed by atoms with Gasteiger partial charge >= 0.3 is 0 Å². The molecular formula is C60H112N10O4. The van der Waals surface area contributed by atoms with E-state index in [1.165, 1.54) is 83.6 Å². The SMILES string of the molecule is CCC(O)CN1C(=O)C2(CC(C)(C)N(C)C(C)(C)C2)OC12CCCCCCCCCCC2.Cc1nc(N2CCOCC2)nc(N(CCCCCCN(C)C2CC(C)(C)NC(C)(C)C2)C2CC(C)(C)NC(C)(C)C2)n1. The third-order valence-electron chi connectivity index (χ3n) is 18.1. The summed E-state index contributed by atoms with van der Waals surface area (Å²) in [6, 6.07) is 1.03. The number of rotatable bonds is 14. The van der Waals surface area contributed by atoms with Crippen molar-refractivity contribution in [3.8, 4) is 0 Å². The first-order valence-electron chi connectivity index (χ1n) is 30.1. The van der Waals surface area contributed by atoms with E-state index in [0.717, 1.165) is 95.5 Å². The number of nitrogens with one attached hydrogen (secondary N) is 2. The summed E-state index contributed by atoms with van der Waals surface area (Å²) in [5.41, 5.74) is -1.12. The summed E-state index contributed by atoms with van der Waals surface area (Å²) >= 11 is 0. The molecule has 426 valence electrons. The number of ether oxygens (including phenoxy) is 2. The highest BCUT2D eigenvalue weighted by atomic mass is 16.6. The Morgan fingerprint density at radius 1 is 0.676 bits per heavy atom. The zero-order chi connectivity index (χ0) is 54.4. The summed E-state index contributed by atoms with van der Waals surface area (Å²) in [6.45, 7) is 37.3. The van der Waals surface area contributed by atoms with Gasteiger partial charge in [-0.25, -0.2) is 0 Å². The molecule has 74 heavy (non-hydrogen) atoms. The molecule has 0 bridgehead atoms. The normalized spacial score (nSPS) is 26.5. The zero-order valence-electron chi connectivity index (χ0n) is 50.5. The number of β-amino-alcohol motifs (C(OH)–C–C–N with tert-alkyl or cyclic N) is 1. The van der Waals surface area contributed by atoms with Gasteiger partial charge in [0, 0.05) is 84.3 Å². The monoisotopic (exact) mass is 1040 g/mol. The lowest BCUT2D eigenvalue weighted by atomic mass is 9.71. The maximum absolute atomic E-state index is 14.2. The number of aromatic nitrogens is 3. The summed E-state index contributed by atoms with van der Waals surface area (Å²) in [6.07, 6.45) is 24.0. The van der Waals surface area contributed by atoms with Gasteiger partial charge in [0.05, 0.1) is 19.3 Å². The molecule has 1 atom stereocenters. The average Bonchev–Trinajstić information content (AvgIpc) is 3.48. The van der Waals surface area contributed by atoms with E-state index in [9.17, 15) is 9.90 Å². The summed E-state index contributed by atoms with van der Waals surface area (Å²) < 4.78 is 12.7. The number of carbonyl (C=O) groups is 1. The van der Waals surface area contributed by atoms with E-state index >= 15 is 0 Å². The molecule has 6 heterocycles. The van der Waals surface area contributed by atoms with Crippen LogP contribution >= 0.6 is 0 Å². The largest absolute Gasteiger partial charge is 0.391 e. The summed E-state index contributed by atoms with van der Waals surface area (Å²) in [7, 11) is 4.51. The number of morpholine rings is 1. The van der Waals surface area contributed by atoms with Crippen LogP contribution in [-0.4, -0.2) is 163 Å². The van der Waals surface area contributed by atoms with Gasteiger partial charge in [0.2, 0.25) is 11.9 Å². The van der Waals surface area contributed by atoms with E-state index in [1.54, 1.807) is 0 Å². The molecule has 0 radical (unpaired) electrons.